The van der Waals surface area contributed by atoms with Gasteiger partial charge < -0.3 is 9.73 Å². The van der Waals surface area contributed by atoms with Gasteiger partial charge in [0.1, 0.15) is 5.76 Å². The molecule has 0 bridgehead atoms. The summed E-state index contributed by atoms with van der Waals surface area (Å²) < 4.78 is 31.5. The Kier molecular flexibility index (Phi) is 5.13. The summed E-state index contributed by atoms with van der Waals surface area (Å²) in [6.07, 6.45) is 2.96. The van der Waals surface area contributed by atoms with Crippen molar-refractivity contribution in [1.29, 1.82) is 0 Å². The van der Waals surface area contributed by atoms with Crippen LogP contribution in [0.2, 0.25) is 0 Å². The van der Waals surface area contributed by atoms with E-state index >= 15 is 0 Å². The number of carbonyl (C=O) groups is 1. The molecule has 7 heteroatoms. The standard InChI is InChI=1S/C15H16N2O4S/c1-2-8-17-22(19,20)14-7-3-5-12(10-14)15(18)16-11-13-6-4-9-21-13/h2-7,9-10,17H,1,8,11H2,(H,16,18). The van der Waals surface area contributed by atoms with Gasteiger partial charge in [0.05, 0.1) is 17.7 Å². The zero-order valence-electron chi connectivity index (χ0n) is 11.8. The smallest absolute Gasteiger partial charge is 0.251 e. The van der Waals surface area contributed by atoms with E-state index < -0.39 is 10.0 Å². The Morgan fingerprint density at radius 1 is 1.27 bits per heavy atom. The summed E-state index contributed by atoms with van der Waals surface area (Å²) in [6.45, 7) is 3.81. The molecule has 2 rings (SSSR count). The minimum Gasteiger partial charge on any atom is -0.467 e. The zero-order valence-corrected chi connectivity index (χ0v) is 12.6. The molecule has 22 heavy (non-hydrogen) atoms. The minimum atomic E-state index is -3.66. The maximum atomic E-state index is 12.0. The second-order valence-corrected chi connectivity index (χ2v) is 6.20. The van der Waals surface area contributed by atoms with Crippen LogP contribution in [-0.4, -0.2) is 20.9 Å². The number of furan rings is 1. The largest absolute Gasteiger partial charge is 0.467 e. The summed E-state index contributed by atoms with van der Waals surface area (Å²) in [6, 6.07) is 9.27. The Balaban J connectivity index is 2.10. The quantitative estimate of drug-likeness (QED) is 0.760. The Labute approximate surface area is 128 Å². The average Bonchev–Trinajstić information content (AvgIpc) is 3.04. The summed E-state index contributed by atoms with van der Waals surface area (Å²) in [5.74, 6) is 0.238. The lowest BCUT2D eigenvalue weighted by Gasteiger charge is -2.07. The number of hydrogen-bond donors (Lipinski definition) is 2. The van der Waals surface area contributed by atoms with Gasteiger partial charge in [0.2, 0.25) is 10.0 Å². The van der Waals surface area contributed by atoms with E-state index in [1.165, 1.54) is 30.5 Å². The van der Waals surface area contributed by atoms with Crippen LogP contribution in [0.4, 0.5) is 0 Å². The van der Waals surface area contributed by atoms with Crippen molar-refractivity contribution in [1.82, 2.24) is 10.0 Å². The number of sulfonamides is 1. The highest BCUT2D eigenvalue weighted by Gasteiger charge is 2.15. The Hall–Kier alpha value is -2.38. The van der Waals surface area contributed by atoms with Gasteiger partial charge in [-0.25, -0.2) is 13.1 Å². The molecule has 1 aromatic heterocycles. The normalized spacial score (nSPS) is 11.1. The second kappa shape index (κ2) is 7.06. The third-order valence-electron chi connectivity index (χ3n) is 2.83. The van der Waals surface area contributed by atoms with Crippen LogP contribution in [0.5, 0.6) is 0 Å². The molecule has 0 aliphatic carbocycles. The molecular weight excluding hydrogens is 304 g/mol. The molecule has 0 spiro atoms. The van der Waals surface area contributed by atoms with Gasteiger partial charge in [-0.1, -0.05) is 12.1 Å². The van der Waals surface area contributed by atoms with Crippen molar-refractivity contribution >= 4 is 15.9 Å². The summed E-state index contributed by atoms with van der Waals surface area (Å²) in [5, 5.41) is 2.66. The average molecular weight is 320 g/mol. The van der Waals surface area contributed by atoms with Crippen molar-refractivity contribution < 1.29 is 17.6 Å². The van der Waals surface area contributed by atoms with Crippen LogP contribution >= 0.6 is 0 Å². The predicted octanol–water partition coefficient (Wildman–Crippen LogP) is 1.67. The van der Waals surface area contributed by atoms with Crippen molar-refractivity contribution in [2.24, 2.45) is 0 Å². The van der Waals surface area contributed by atoms with Crippen molar-refractivity contribution in [3.8, 4) is 0 Å². The number of hydrogen-bond acceptors (Lipinski definition) is 4. The molecule has 0 radical (unpaired) electrons. The first kappa shape index (κ1) is 16.0. The number of nitrogens with one attached hydrogen (secondary N) is 2. The zero-order chi connectivity index (χ0) is 16.0. The fraction of sp³-hybridized carbons (Fsp3) is 0.133. The molecule has 0 unspecified atom stereocenters. The van der Waals surface area contributed by atoms with Gasteiger partial charge in [-0.3, -0.25) is 4.79 Å². The van der Waals surface area contributed by atoms with E-state index in [9.17, 15) is 13.2 Å². The third-order valence-corrected chi connectivity index (χ3v) is 4.25. The van der Waals surface area contributed by atoms with Crippen LogP contribution in [0, 0.1) is 0 Å². The lowest BCUT2D eigenvalue weighted by Crippen LogP contribution is -2.25. The van der Waals surface area contributed by atoms with Crippen molar-refractivity contribution in [3.05, 3.63) is 66.6 Å². The highest BCUT2D eigenvalue weighted by atomic mass is 32.2. The molecule has 1 heterocycles. The van der Waals surface area contributed by atoms with Gasteiger partial charge in [0.15, 0.2) is 0 Å². The summed E-state index contributed by atoms with van der Waals surface area (Å²) in [7, 11) is -3.66. The highest BCUT2D eigenvalue weighted by Crippen LogP contribution is 2.11. The van der Waals surface area contributed by atoms with Gasteiger partial charge in [0, 0.05) is 12.1 Å². The van der Waals surface area contributed by atoms with Crippen LogP contribution in [0.25, 0.3) is 0 Å². The lowest BCUT2D eigenvalue weighted by atomic mass is 10.2. The first-order valence-electron chi connectivity index (χ1n) is 6.54. The monoisotopic (exact) mass is 320 g/mol. The van der Waals surface area contributed by atoms with E-state index in [1.807, 2.05) is 0 Å². The topological polar surface area (TPSA) is 88.4 Å². The van der Waals surface area contributed by atoms with Crippen molar-refractivity contribution in [2.75, 3.05) is 6.54 Å². The van der Waals surface area contributed by atoms with E-state index in [4.69, 9.17) is 4.42 Å². The molecular formula is C15H16N2O4S. The number of carbonyl (C=O) groups excluding carboxylic acids is 1. The Morgan fingerprint density at radius 3 is 2.77 bits per heavy atom. The van der Waals surface area contributed by atoms with Crippen LogP contribution < -0.4 is 10.0 Å². The fourth-order valence-electron chi connectivity index (χ4n) is 1.74. The van der Waals surface area contributed by atoms with Gasteiger partial charge in [-0.05, 0) is 30.3 Å². The molecule has 2 N–H and O–H groups in total. The molecule has 6 nitrogen and oxygen atoms in total. The van der Waals surface area contributed by atoms with E-state index in [-0.39, 0.29) is 29.5 Å². The first-order valence-corrected chi connectivity index (χ1v) is 8.02. The molecule has 1 aromatic carbocycles. The fourth-order valence-corrected chi connectivity index (χ4v) is 2.78. The molecule has 0 aliphatic rings. The van der Waals surface area contributed by atoms with E-state index in [1.54, 1.807) is 18.2 Å². The van der Waals surface area contributed by atoms with Gasteiger partial charge in [-0.2, -0.15) is 0 Å². The SMILES string of the molecule is C=CCNS(=O)(=O)c1cccc(C(=O)NCc2ccco2)c1. The molecule has 116 valence electrons. The summed E-state index contributed by atoms with van der Waals surface area (Å²) in [4.78, 5) is 12.1. The second-order valence-electron chi connectivity index (χ2n) is 4.43. The first-order chi connectivity index (χ1) is 10.5. The van der Waals surface area contributed by atoms with E-state index in [2.05, 4.69) is 16.6 Å². The number of rotatable bonds is 7. The van der Waals surface area contributed by atoms with Gasteiger partial charge >= 0.3 is 0 Å². The highest BCUT2D eigenvalue weighted by molar-refractivity contribution is 7.89. The molecule has 1 amide bonds. The maximum absolute atomic E-state index is 12.0. The van der Waals surface area contributed by atoms with E-state index in [0.717, 1.165) is 0 Å². The molecule has 0 saturated heterocycles. The van der Waals surface area contributed by atoms with Crippen molar-refractivity contribution in [2.45, 2.75) is 11.4 Å². The summed E-state index contributed by atoms with van der Waals surface area (Å²) >= 11 is 0. The maximum Gasteiger partial charge on any atom is 0.251 e. The number of benzene rings is 1. The van der Waals surface area contributed by atoms with Crippen LogP contribution in [-0.2, 0) is 16.6 Å². The van der Waals surface area contributed by atoms with Crippen LogP contribution in [0.3, 0.4) is 0 Å². The summed E-state index contributed by atoms with van der Waals surface area (Å²) in [5.41, 5.74) is 0.257. The Morgan fingerprint density at radius 2 is 2.09 bits per heavy atom. The van der Waals surface area contributed by atoms with Gasteiger partial charge in [0.25, 0.3) is 5.91 Å². The van der Waals surface area contributed by atoms with Gasteiger partial charge in [-0.15, -0.1) is 6.58 Å². The lowest BCUT2D eigenvalue weighted by molar-refractivity contribution is 0.0948. The molecule has 0 fully saturated rings. The van der Waals surface area contributed by atoms with Crippen LogP contribution in [0.1, 0.15) is 16.1 Å². The van der Waals surface area contributed by atoms with Crippen molar-refractivity contribution in [3.63, 3.8) is 0 Å². The molecule has 2 aromatic rings. The molecule has 0 atom stereocenters. The predicted molar refractivity (Wildman–Crippen MR) is 81.7 cm³/mol. The third kappa shape index (κ3) is 4.06. The van der Waals surface area contributed by atoms with Crippen LogP contribution in [0.15, 0.2) is 64.6 Å². The minimum absolute atomic E-state index is 0.0278. The molecule has 0 saturated carbocycles. The molecule has 0 aliphatic heterocycles. The Bertz CT molecular complexity index is 752. The van der Waals surface area contributed by atoms with E-state index in [0.29, 0.717) is 5.76 Å². The number of amides is 1.